The fourth-order valence-corrected chi connectivity index (χ4v) is 1.62. The number of hydrogen-bond donors (Lipinski definition) is 2. The summed E-state index contributed by atoms with van der Waals surface area (Å²) in [6, 6.07) is 3.07. The molecule has 0 radical (unpaired) electrons. The first kappa shape index (κ1) is 12.3. The summed E-state index contributed by atoms with van der Waals surface area (Å²) in [6.45, 7) is 2.38. The number of aryl methyl sites for hydroxylation is 1. The molecule has 18 heavy (non-hydrogen) atoms. The molecule has 0 aliphatic heterocycles. The van der Waals surface area contributed by atoms with E-state index in [0.717, 1.165) is 5.82 Å². The lowest BCUT2D eigenvalue weighted by atomic mass is 10.3. The average molecular weight is 250 g/mol. The molecule has 0 amide bonds. The number of aromatic nitrogens is 3. The third kappa shape index (κ3) is 2.57. The lowest BCUT2D eigenvalue weighted by molar-refractivity contribution is 0.0660. The van der Waals surface area contributed by atoms with Gasteiger partial charge in [0.05, 0.1) is 12.6 Å². The van der Waals surface area contributed by atoms with Crippen LogP contribution in [0.2, 0.25) is 0 Å². The molecular weight excluding hydrogens is 236 g/mol. The van der Waals surface area contributed by atoms with Crippen molar-refractivity contribution in [3.63, 3.8) is 0 Å². The van der Waals surface area contributed by atoms with Crippen molar-refractivity contribution in [3.05, 3.63) is 35.8 Å². The van der Waals surface area contributed by atoms with Gasteiger partial charge in [-0.15, -0.1) is 10.2 Å². The van der Waals surface area contributed by atoms with Crippen molar-refractivity contribution in [2.45, 2.75) is 19.5 Å². The number of nitrogens with one attached hydrogen (secondary N) is 1. The van der Waals surface area contributed by atoms with Crippen molar-refractivity contribution in [1.82, 2.24) is 20.1 Å². The maximum Gasteiger partial charge on any atom is 0.371 e. The Morgan fingerprint density at radius 2 is 2.39 bits per heavy atom. The summed E-state index contributed by atoms with van der Waals surface area (Å²) >= 11 is 0. The Labute approximate surface area is 103 Å². The van der Waals surface area contributed by atoms with Crippen LogP contribution < -0.4 is 5.32 Å². The molecule has 0 saturated carbocycles. The molecule has 0 aliphatic carbocycles. The molecule has 7 heteroatoms. The van der Waals surface area contributed by atoms with E-state index in [-0.39, 0.29) is 11.8 Å². The second-order valence-corrected chi connectivity index (χ2v) is 3.97. The minimum absolute atomic E-state index is 0.00382. The number of hydrogen-bond acceptors (Lipinski definition) is 5. The molecular formula is C11H14N4O3. The predicted octanol–water partition coefficient (Wildman–Crippen LogP) is 0.957. The van der Waals surface area contributed by atoms with E-state index in [1.54, 1.807) is 12.4 Å². The zero-order valence-corrected chi connectivity index (χ0v) is 10.1. The van der Waals surface area contributed by atoms with Crippen LogP contribution in [0.1, 0.15) is 35.1 Å². The highest BCUT2D eigenvalue weighted by atomic mass is 16.4. The van der Waals surface area contributed by atoms with Crippen LogP contribution >= 0.6 is 0 Å². The van der Waals surface area contributed by atoms with Crippen molar-refractivity contribution < 1.29 is 14.3 Å². The zero-order valence-electron chi connectivity index (χ0n) is 10.1. The largest absolute Gasteiger partial charge is 0.475 e. The predicted molar refractivity (Wildman–Crippen MR) is 61.9 cm³/mol. The van der Waals surface area contributed by atoms with Gasteiger partial charge in [0, 0.05) is 7.05 Å². The molecule has 2 aromatic heterocycles. The average Bonchev–Trinajstić information content (AvgIpc) is 2.94. The first-order valence-electron chi connectivity index (χ1n) is 5.47. The third-order valence-electron chi connectivity index (χ3n) is 2.59. The van der Waals surface area contributed by atoms with Gasteiger partial charge in [0.2, 0.25) is 5.76 Å². The van der Waals surface area contributed by atoms with Crippen LogP contribution in [0.25, 0.3) is 0 Å². The number of carboxylic acids is 1. The summed E-state index contributed by atoms with van der Waals surface area (Å²) in [4.78, 5) is 10.6. The van der Waals surface area contributed by atoms with Crippen molar-refractivity contribution in [2.24, 2.45) is 7.05 Å². The van der Waals surface area contributed by atoms with E-state index in [1.807, 2.05) is 18.5 Å². The standard InChI is InChI=1S/C11H14N4O3/c1-7(10-14-13-6-15(10)2)12-5-8-3-4-9(18-8)11(16)17/h3-4,6-7,12H,5H2,1-2H3,(H,16,17). The molecule has 0 spiro atoms. The van der Waals surface area contributed by atoms with Gasteiger partial charge >= 0.3 is 5.97 Å². The summed E-state index contributed by atoms with van der Waals surface area (Å²) in [5, 5.41) is 19.7. The first-order chi connectivity index (χ1) is 8.58. The minimum Gasteiger partial charge on any atom is -0.475 e. The summed E-state index contributed by atoms with van der Waals surface area (Å²) in [5.41, 5.74) is 0. The van der Waals surface area contributed by atoms with E-state index in [0.29, 0.717) is 12.3 Å². The Balaban J connectivity index is 1.95. The Hall–Kier alpha value is -2.15. The van der Waals surface area contributed by atoms with E-state index in [9.17, 15) is 4.79 Å². The van der Waals surface area contributed by atoms with Crippen LogP contribution in [0.5, 0.6) is 0 Å². The van der Waals surface area contributed by atoms with Crippen molar-refractivity contribution in [3.8, 4) is 0 Å². The lowest BCUT2D eigenvalue weighted by Crippen LogP contribution is -2.20. The molecule has 0 fully saturated rings. The van der Waals surface area contributed by atoms with Crippen LogP contribution in [0.15, 0.2) is 22.9 Å². The topological polar surface area (TPSA) is 93.2 Å². The quantitative estimate of drug-likeness (QED) is 0.820. The lowest BCUT2D eigenvalue weighted by Gasteiger charge is -2.11. The van der Waals surface area contributed by atoms with E-state index in [4.69, 9.17) is 9.52 Å². The van der Waals surface area contributed by atoms with Gasteiger partial charge in [-0.3, -0.25) is 0 Å². The van der Waals surface area contributed by atoms with Gasteiger partial charge < -0.3 is 19.4 Å². The summed E-state index contributed by atoms with van der Waals surface area (Å²) in [7, 11) is 1.86. The molecule has 0 aliphatic rings. The molecule has 0 aromatic carbocycles. The van der Waals surface area contributed by atoms with Crippen molar-refractivity contribution >= 4 is 5.97 Å². The van der Waals surface area contributed by atoms with Gasteiger partial charge in [0.25, 0.3) is 0 Å². The van der Waals surface area contributed by atoms with Crippen LogP contribution in [-0.4, -0.2) is 25.8 Å². The SMILES string of the molecule is CC(NCc1ccc(C(=O)O)o1)c1nncn1C. The minimum atomic E-state index is -1.07. The molecule has 2 aromatic rings. The van der Waals surface area contributed by atoms with Gasteiger partial charge in [-0.2, -0.15) is 0 Å². The van der Waals surface area contributed by atoms with E-state index < -0.39 is 5.97 Å². The highest BCUT2D eigenvalue weighted by Crippen LogP contribution is 2.11. The number of carbonyl (C=O) groups is 1. The van der Waals surface area contributed by atoms with Crippen LogP contribution in [-0.2, 0) is 13.6 Å². The molecule has 1 atom stereocenters. The monoisotopic (exact) mass is 250 g/mol. The van der Waals surface area contributed by atoms with E-state index in [1.165, 1.54) is 6.07 Å². The second-order valence-electron chi connectivity index (χ2n) is 3.97. The smallest absolute Gasteiger partial charge is 0.371 e. The van der Waals surface area contributed by atoms with Gasteiger partial charge in [-0.05, 0) is 19.1 Å². The van der Waals surface area contributed by atoms with Crippen LogP contribution in [0.3, 0.4) is 0 Å². The van der Waals surface area contributed by atoms with Crippen LogP contribution in [0, 0.1) is 0 Å². The zero-order chi connectivity index (χ0) is 13.1. The number of furan rings is 1. The Kier molecular flexibility index (Phi) is 3.42. The second kappa shape index (κ2) is 5.01. The molecule has 7 nitrogen and oxygen atoms in total. The van der Waals surface area contributed by atoms with Gasteiger partial charge in [-0.1, -0.05) is 0 Å². The number of rotatable bonds is 5. The molecule has 2 rings (SSSR count). The van der Waals surface area contributed by atoms with E-state index in [2.05, 4.69) is 15.5 Å². The summed E-state index contributed by atoms with van der Waals surface area (Å²) in [6.07, 6.45) is 1.63. The third-order valence-corrected chi connectivity index (χ3v) is 2.59. The first-order valence-corrected chi connectivity index (χ1v) is 5.47. The van der Waals surface area contributed by atoms with Gasteiger partial charge in [0.1, 0.15) is 17.9 Å². The van der Waals surface area contributed by atoms with Crippen molar-refractivity contribution in [2.75, 3.05) is 0 Å². The maximum absolute atomic E-state index is 10.6. The van der Waals surface area contributed by atoms with Crippen LogP contribution in [0.4, 0.5) is 0 Å². The molecule has 1 unspecified atom stereocenters. The summed E-state index contributed by atoms with van der Waals surface area (Å²) < 4.78 is 6.96. The normalized spacial score (nSPS) is 12.6. The van der Waals surface area contributed by atoms with Crippen molar-refractivity contribution in [1.29, 1.82) is 0 Å². The fraction of sp³-hybridized carbons (Fsp3) is 0.364. The number of aromatic carboxylic acids is 1. The molecule has 2 heterocycles. The number of carboxylic acid groups (broad SMARTS) is 1. The molecule has 2 N–H and O–H groups in total. The van der Waals surface area contributed by atoms with E-state index >= 15 is 0 Å². The maximum atomic E-state index is 10.6. The Morgan fingerprint density at radius 3 is 2.94 bits per heavy atom. The Morgan fingerprint density at radius 1 is 1.61 bits per heavy atom. The Bertz CT molecular complexity index is 546. The number of nitrogens with zero attached hydrogens (tertiary/aromatic N) is 3. The highest BCUT2D eigenvalue weighted by Gasteiger charge is 2.13. The molecule has 0 saturated heterocycles. The molecule has 96 valence electrons. The highest BCUT2D eigenvalue weighted by molar-refractivity contribution is 5.84. The fourth-order valence-electron chi connectivity index (χ4n) is 1.62. The summed E-state index contributed by atoms with van der Waals surface area (Å²) in [5.74, 6) is 0.252. The molecule has 0 bridgehead atoms. The van der Waals surface area contributed by atoms with Gasteiger partial charge in [-0.25, -0.2) is 4.79 Å². The van der Waals surface area contributed by atoms with Gasteiger partial charge in [0.15, 0.2) is 0 Å².